The summed E-state index contributed by atoms with van der Waals surface area (Å²) >= 11 is 0. The molecule has 1 unspecified atom stereocenters. The van der Waals surface area contributed by atoms with Crippen molar-refractivity contribution in [2.24, 2.45) is 34.5 Å². The summed E-state index contributed by atoms with van der Waals surface area (Å²) in [5.74, 6) is -1.38. The Balaban J connectivity index is 1.41. The highest BCUT2D eigenvalue weighted by atomic mass is 16.5. The number of benzene rings is 1. The average Bonchev–Trinajstić information content (AvgIpc) is 3.38. The van der Waals surface area contributed by atoms with Gasteiger partial charge in [0.2, 0.25) is 5.78 Å². The SMILES string of the molecule is CC(=O)OCC(=O)[C@@]1(O)[C@H](C)C[C@H]2C3C=C(C)C4=Cc5c(cnn5-c5ccccc5)C[C@]4(C)[C@H]3[C@@H](O)C[C@@]21C. The zero-order valence-electron chi connectivity index (χ0n) is 23.3. The first-order valence-electron chi connectivity index (χ1n) is 14.0. The largest absolute Gasteiger partial charge is 0.458 e. The lowest BCUT2D eigenvalue weighted by atomic mass is 9.46. The molecule has 0 aliphatic heterocycles. The number of para-hydroxylation sites is 1. The topological polar surface area (TPSA) is 102 Å². The molecular formula is C32H38N2O5. The minimum absolute atomic E-state index is 0.00428. The van der Waals surface area contributed by atoms with E-state index in [4.69, 9.17) is 9.84 Å². The monoisotopic (exact) mass is 530 g/mol. The number of carbonyl (C=O) groups is 2. The molecule has 6 rings (SSSR count). The number of carbonyl (C=O) groups excluding carboxylic acids is 2. The summed E-state index contributed by atoms with van der Waals surface area (Å²) in [7, 11) is 0. The van der Waals surface area contributed by atoms with E-state index in [0.29, 0.717) is 12.8 Å². The van der Waals surface area contributed by atoms with Gasteiger partial charge in [-0.05, 0) is 73.3 Å². The third-order valence-corrected chi connectivity index (χ3v) is 10.7. The molecule has 1 aromatic carbocycles. The quantitative estimate of drug-likeness (QED) is 0.572. The molecule has 0 bridgehead atoms. The number of ketones is 1. The summed E-state index contributed by atoms with van der Waals surface area (Å²) in [4.78, 5) is 24.8. The second-order valence-corrected chi connectivity index (χ2v) is 12.8. The molecule has 4 aliphatic rings. The van der Waals surface area contributed by atoms with Crippen LogP contribution in [0.25, 0.3) is 11.8 Å². The highest BCUT2D eigenvalue weighted by Gasteiger charge is 2.70. The second-order valence-electron chi connectivity index (χ2n) is 12.8. The van der Waals surface area contributed by atoms with E-state index in [9.17, 15) is 19.8 Å². The van der Waals surface area contributed by atoms with E-state index in [1.165, 1.54) is 18.1 Å². The predicted molar refractivity (Wildman–Crippen MR) is 147 cm³/mol. The Labute approximate surface area is 229 Å². The van der Waals surface area contributed by atoms with Gasteiger partial charge in [0.15, 0.2) is 6.61 Å². The second kappa shape index (κ2) is 8.73. The van der Waals surface area contributed by atoms with Crippen molar-refractivity contribution < 1.29 is 24.5 Å². The van der Waals surface area contributed by atoms with E-state index in [2.05, 4.69) is 38.1 Å². The Hall–Kier alpha value is -3.03. The summed E-state index contributed by atoms with van der Waals surface area (Å²) < 4.78 is 7.01. The highest BCUT2D eigenvalue weighted by molar-refractivity contribution is 5.91. The standard InChI is InChI=1S/C32H38N2O5/c1-18-11-23-25-12-19(2)32(38,28(37)17-39-20(3)35)31(25,5)15-27(36)29(23)30(4)14-21-16-33-34(26(21)13-24(18)30)22-9-7-6-8-10-22/h6-11,13,16,19,23,25,27,29,36,38H,12,14-15,17H2,1-5H3/t19-,23?,25+,27+,29-,30+,31+,32+/m1/s1. The first kappa shape index (κ1) is 26.2. The van der Waals surface area contributed by atoms with Gasteiger partial charge in [0, 0.05) is 23.7 Å². The number of fused-ring (bicyclic) bond motifs is 6. The molecular weight excluding hydrogens is 492 g/mol. The van der Waals surface area contributed by atoms with Crippen LogP contribution in [0.4, 0.5) is 0 Å². The van der Waals surface area contributed by atoms with Gasteiger partial charge < -0.3 is 14.9 Å². The molecule has 2 aromatic rings. The Kier molecular flexibility index (Phi) is 5.87. The van der Waals surface area contributed by atoms with Gasteiger partial charge in [0.1, 0.15) is 5.60 Å². The number of nitrogens with zero attached hydrogens (tertiary/aromatic N) is 2. The van der Waals surface area contributed by atoms with Crippen LogP contribution < -0.4 is 0 Å². The third kappa shape index (κ3) is 3.52. The summed E-state index contributed by atoms with van der Waals surface area (Å²) in [6, 6.07) is 10.1. The van der Waals surface area contributed by atoms with E-state index in [1.807, 2.05) is 42.9 Å². The van der Waals surface area contributed by atoms with E-state index in [0.717, 1.165) is 23.4 Å². The fourth-order valence-corrected chi connectivity index (χ4v) is 9.04. The summed E-state index contributed by atoms with van der Waals surface area (Å²) in [5.41, 5.74) is 2.83. The molecule has 1 heterocycles. The van der Waals surface area contributed by atoms with Gasteiger partial charge in [0.05, 0.1) is 23.7 Å². The van der Waals surface area contributed by atoms with Crippen LogP contribution in [0.1, 0.15) is 58.7 Å². The van der Waals surface area contributed by atoms with Crippen LogP contribution in [-0.4, -0.2) is 50.1 Å². The Morgan fingerprint density at radius 1 is 1.21 bits per heavy atom. The molecule has 0 spiro atoms. The van der Waals surface area contributed by atoms with E-state index in [1.54, 1.807) is 0 Å². The lowest BCUT2D eigenvalue weighted by Crippen LogP contribution is -2.62. The van der Waals surface area contributed by atoms with Gasteiger partial charge in [-0.1, -0.05) is 50.6 Å². The molecule has 2 fully saturated rings. The minimum Gasteiger partial charge on any atom is -0.458 e. The maximum Gasteiger partial charge on any atom is 0.303 e. The van der Waals surface area contributed by atoms with Gasteiger partial charge >= 0.3 is 5.97 Å². The molecule has 0 radical (unpaired) electrons. The smallest absolute Gasteiger partial charge is 0.303 e. The van der Waals surface area contributed by atoms with E-state index >= 15 is 0 Å². The molecule has 7 heteroatoms. The number of aromatic nitrogens is 2. The lowest BCUT2D eigenvalue weighted by Gasteiger charge is -2.59. The molecule has 4 aliphatic carbocycles. The van der Waals surface area contributed by atoms with Crippen molar-refractivity contribution in [2.75, 3.05) is 6.61 Å². The van der Waals surface area contributed by atoms with Gasteiger partial charge in [-0.15, -0.1) is 0 Å². The number of aliphatic hydroxyl groups excluding tert-OH is 1. The maximum atomic E-state index is 13.4. The number of hydrogen-bond acceptors (Lipinski definition) is 6. The van der Waals surface area contributed by atoms with Crippen LogP contribution >= 0.6 is 0 Å². The molecule has 7 nitrogen and oxygen atoms in total. The van der Waals surface area contributed by atoms with Crippen LogP contribution in [0.2, 0.25) is 0 Å². The zero-order valence-corrected chi connectivity index (χ0v) is 23.3. The normalized spacial score (nSPS) is 38.5. The molecule has 0 amide bonds. The average molecular weight is 531 g/mol. The van der Waals surface area contributed by atoms with Gasteiger partial charge in [0.25, 0.3) is 0 Å². The van der Waals surface area contributed by atoms with Crippen molar-refractivity contribution in [3.05, 3.63) is 65.0 Å². The molecule has 0 saturated heterocycles. The summed E-state index contributed by atoms with van der Waals surface area (Å²) in [6.45, 7) is 9.08. The van der Waals surface area contributed by atoms with Crippen LogP contribution in [0, 0.1) is 34.5 Å². The van der Waals surface area contributed by atoms with Crippen molar-refractivity contribution >= 4 is 17.8 Å². The maximum absolute atomic E-state index is 13.4. The number of Topliss-reactive ketones (excluding diaryl/α,β-unsaturated/α-hetero) is 1. The van der Waals surface area contributed by atoms with E-state index in [-0.39, 0.29) is 29.1 Å². The summed E-state index contributed by atoms with van der Waals surface area (Å²) in [5, 5.41) is 28.6. The van der Waals surface area contributed by atoms with Gasteiger partial charge in [-0.3, -0.25) is 9.59 Å². The minimum atomic E-state index is -1.67. The molecule has 2 saturated carbocycles. The molecule has 8 atom stereocenters. The number of allylic oxidation sites excluding steroid dienone is 3. The fourth-order valence-electron chi connectivity index (χ4n) is 9.04. The van der Waals surface area contributed by atoms with Crippen molar-refractivity contribution in [2.45, 2.75) is 65.6 Å². The zero-order chi connectivity index (χ0) is 27.9. The van der Waals surface area contributed by atoms with Crippen molar-refractivity contribution in [1.29, 1.82) is 0 Å². The van der Waals surface area contributed by atoms with Crippen LogP contribution in [0.5, 0.6) is 0 Å². The fraction of sp³-hybridized carbons (Fsp3) is 0.531. The van der Waals surface area contributed by atoms with Crippen molar-refractivity contribution in [3.63, 3.8) is 0 Å². The number of esters is 1. The molecule has 39 heavy (non-hydrogen) atoms. The highest BCUT2D eigenvalue weighted by Crippen LogP contribution is 2.68. The lowest BCUT2D eigenvalue weighted by molar-refractivity contribution is -0.182. The van der Waals surface area contributed by atoms with Crippen molar-refractivity contribution in [3.8, 4) is 5.69 Å². The predicted octanol–water partition coefficient (Wildman–Crippen LogP) is 4.30. The Morgan fingerprint density at radius 3 is 2.62 bits per heavy atom. The number of aliphatic hydroxyl groups is 2. The molecule has 206 valence electrons. The number of ether oxygens (including phenoxy) is 1. The van der Waals surface area contributed by atoms with Crippen LogP contribution in [0.15, 0.2) is 53.8 Å². The Morgan fingerprint density at radius 2 is 1.92 bits per heavy atom. The number of rotatable bonds is 4. The summed E-state index contributed by atoms with van der Waals surface area (Å²) in [6.07, 6.45) is 7.52. The van der Waals surface area contributed by atoms with Crippen LogP contribution in [-0.2, 0) is 20.7 Å². The van der Waals surface area contributed by atoms with Crippen molar-refractivity contribution in [1.82, 2.24) is 9.78 Å². The first-order valence-corrected chi connectivity index (χ1v) is 14.0. The first-order chi connectivity index (χ1) is 18.4. The van der Waals surface area contributed by atoms with E-state index < -0.39 is 35.5 Å². The van der Waals surface area contributed by atoms with Gasteiger partial charge in [-0.2, -0.15) is 5.10 Å². The van der Waals surface area contributed by atoms with Crippen LogP contribution in [0.3, 0.4) is 0 Å². The molecule has 2 N–H and O–H groups in total. The van der Waals surface area contributed by atoms with Gasteiger partial charge in [-0.25, -0.2) is 4.68 Å². The Bertz CT molecular complexity index is 1410. The number of hydrogen-bond donors (Lipinski definition) is 2. The molecule has 1 aromatic heterocycles. The third-order valence-electron chi connectivity index (χ3n) is 10.7.